The number of carboxylic acid groups (broad SMARTS) is 1. The van der Waals surface area contributed by atoms with Crippen LogP contribution in [0.4, 0.5) is 4.39 Å². The van der Waals surface area contributed by atoms with Crippen molar-refractivity contribution in [2.24, 2.45) is 0 Å². The Balaban J connectivity index is 1.93. The van der Waals surface area contributed by atoms with Gasteiger partial charge in [-0.25, -0.2) is 14.2 Å². The largest absolute Gasteiger partial charge is 0.489 e. The molecule has 0 spiro atoms. The Morgan fingerprint density at radius 2 is 1.73 bits per heavy atom. The van der Waals surface area contributed by atoms with E-state index in [-0.39, 0.29) is 11.7 Å². The number of methoxy groups -OCH3 is 1. The zero-order valence-corrected chi connectivity index (χ0v) is 21.3. The maximum atomic E-state index is 13.8. The third-order valence-corrected chi connectivity index (χ3v) is 6.10. The average molecular weight is 504 g/mol. The quantitative estimate of drug-likeness (QED) is 0.270. The molecular formula is C30H30FNO5. The molecule has 1 aromatic heterocycles. The summed E-state index contributed by atoms with van der Waals surface area (Å²) in [5, 5.41) is 10.9. The maximum absolute atomic E-state index is 13.8. The van der Waals surface area contributed by atoms with Gasteiger partial charge in [-0.1, -0.05) is 56.3 Å². The van der Waals surface area contributed by atoms with Gasteiger partial charge < -0.3 is 19.3 Å². The van der Waals surface area contributed by atoms with Crippen molar-refractivity contribution >= 4 is 16.7 Å². The van der Waals surface area contributed by atoms with E-state index >= 15 is 0 Å². The lowest BCUT2D eigenvalue weighted by Gasteiger charge is -2.28. The number of aliphatic carboxylic acids is 1. The molecule has 4 rings (SSSR count). The fourth-order valence-electron chi connectivity index (χ4n) is 4.23. The number of hydrogen-bond acceptors (Lipinski definition) is 5. The normalized spacial score (nSPS) is 12.4. The number of halogens is 1. The van der Waals surface area contributed by atoms with Crippen LogP contribution < -0.4 is 9.47 Å². The van der Waals surface area contributed by atoms with E-state index in [2.05, 4.69) is 0 Å². The predicted molar refractivity (Wildman–Crippen MR) is 141 cm³/mol. The molecule has 1 N–H and O–H groups in total. The summed E-state index contributed by atoms with van der Waals surface area (Å²) in [6.45, 7) is 6.15. The van der Waals surface area contributed by atoms with Gasteiger partial charge in [-0.2, -0.15) is 0 Å². The van der Waals surface area contributed by atoms with Gasteiger partial charge in [0, 0.05) is 23.5 Å². The number of aromatic nitrogens is 1. The minimum atomic E-state index is -1.13. The minimum Gasteiger partial charge on any atom is -0.489 e. The summed E-state index contributed by atoms with van der Waals surface area (Å²) in [4.78, 5) is 16.5. The van der Waals surface area contributed by atoms with Gasteiger partial charge in [-0.15, -0.1) is 0 Å². The van der Waals surface area contributed by atoms with E-state index in [1.54, 1.807) is 25.3 Å². The first-order valence-corrected chi connectivity index (χ1v) is 12.0. The summed E-state index contributed by atoms with van der Waals surface area (Å²) in [7, 11) is 1.61. The minimum absolute atomic E-state index is 0.181. The highest BCUT2D eigenvalue weighted by Crippen LogP contribution is 2.42. The van der Waals surface area contributed by atoms with Crippen molar-refractivity contribution in [2.45, 2.75) is 38.9 Å². The van der Waals surface area contributed by atoms with Gasteiger partial charge in [-0.3, -0.25) is 0 Å². The first-order valence-electron chi connectivity index (χ1n) is 12.0. The summed E-state index contributed by atoms with van der Waals surface area (Å²) in [6, 6.07) is 21.6. The van der Waals surface area contributed by atoms with Crippen LogP contribution in [0.3, 0.4) is 0 Å². The topological polar surface area (TPSA) is 77.9 Å². The van der Waals surface area contributed by atoms with E-state index < -0.39 is 17.5 Å². The number of hydrogen-bond donors (Lipinski definition) is 1. The van der Waals surface area contributed by atoms with Crippen molar-refractivity contribution in [1.29, 1.82) is 0 Å². The molecule has 37 heavy (non-hydrogen) atoms. The monoisotopic (exact) mass is 503 g/mol. The number of benzene rings is 3. The van der Waals surface area contributed by atoms with Crippen molar-refractivity contribution in [2.75, 3.05) is 13.7 Å². The van der Waals surface area contributed by atoms with Crippen molar-refractivity contribution in [3.63, 3.8) is 0 Å². The molecule has 0 aliphatic carbocycles. The van der Waals surface area contributed by atoms with Crippen LogP contribution >= 0.6 is 0 Å². The second kappa shape index (κ2) is 11.0. The van der Waals surface area contributed by atoms with Gasteiger partial charge in [0.15, 0.2) is 6.10 Å². The molecule has 4 aromatic rings. The van der Waals surface area contributed by atoms with Gasteiger partial charge in [0.1, 0.15) is 18.2 Å². The van der Waals surface area contributed by atoms with Crippen LogP contribution in [0.2, 0.25) is 0 Å². The van der Waals surface area contributed by atoms with Crippen molar-refractivity contribution in [1.82, 2.24) is 4.98 Å². The van der Waals surface area contributed by atoms with Crippen LogP contribution in [0.1, 0.15) is 32.0 Å². The predicted octanol–water partition coefficient (Wildman–Crippen LogP) is 6.40. The lowest BCUT2D eigenvalue weighted by molar-refractivity contribution is -0.144. The molecule has 0 aliphatic rings. The zero-order valence-electron chi connectivity index (χ0n) is 21.3. The van der Waals surface area contributed by atoms with Crippen LogP contribution in [-0.4, -0.2) is 35.9 Å². The Bertz CT molecular complexity index is 1390. The van der Waals surface area contributed by atoms with Gasteiger partial charge in [-0.05, 0) is 53.8 Å². The Labute approximate surface area is 215 Å². The summed E-state index contributed by atoms with van der Waals surface area (Å²) >= 11 is 0. The lowest BCUT2D eigenvalue weighted by atomic mass is 9.83. The summed E-state index contributed by atoms with van der Waals surface area (Å²) in [5.41, 5.74) is 2.66. The summed E-state index contributed by atoms with van der Waals surface area (Å²) < 4.78 is 31.2. The van der Waals surface area contributed by atoms with Crippen LogP contribution in [0.25, 0.3) is 21.9 Å². The van der Waals surface area contributed by atoms with Crippen molar-refractivity contribution < 1.29 is 28.5 Å². The molecule has 0 bridgehead atoms. The SMILES string of the molecule is COCC(C)(C)c1nc(O[C@@H](C)C(=O)O)c2cc(OCc3ccccc3)ccc2c1-c1ccc(F)cc1. The Morgan fingerprint density at radius 1 is 1.03 bits per heavy atom. The maximum Gasteiger partial charge on any atom is 0.344 e. The molecule has 0 saturated heterocycles. The highest BCUT2D eigenvalue weighted by molar-refractivity contribution is 6.01. The molecule has 0 radical (unpaired) electrons. The second-order valence-corrected chi connectivity index (χ2v) is 9.54. The Hall–Kier alpha value is -3.97. The third-order valence-electron chi connectivity index (χ3n) is 6.10. The van der Waals surface area contributed by atoms with Gasteiger partial charge >= 0.3 is 5.97 Å². The molecule has 0 aliphatic heterocycles. The average Bonchev–Trinajstić information content (AvgIpc) is 2.88. The summed E-state index contributed by atoms with van der Waals surface area (Å²) in [5.74, 6) is -0.683. The van der Waals surface area contributed by atoms with Gasteiger partial charge in [0.25, 0.3) is 0 Å². The summed E-state index contributed by atoms with van der Waals surface area (Å²) in [6.07, 6.45) is -1.13. The number of fused-ring (bicyclic) bond motifs is 1. The fraction of sp³-hybridized carbons (Fsp3) is 0.267. The van der Waals surface area contributed by atoms with E-state index in [0.717, 1.165) is 22.1 Å². The number of rotatable bonds is 10. The van der Waals surface area contributed by atoms with Gasteiger partial charge in [0.05, 0.1) is 12.3 Å². The van der Waals surface area contributed by atoms with Gasteiger partial charge in [0.2, 0.25) is 5.88 Å². The number of nitrogens with zero attached hydrogens (tertiary/aromatic N) is 1. The molecule has 1 atom stereocenters. The molecule has 6 nitrogen and oxygen atoms in total. The fourth-order valence-corrected chi connectivity index (χ4v) is 4.23. The molecule has 0 saturated carbocycles. The number of pyridine rings is 1. The van der Waals surface area contributed by atoms with Crippen LogP contribution in [0.15, 0.2) is 72.8 Å². The van der Waals surface area contributed by atoms with Crippen molar-refractivity contribution in [3.8, 4) is 22.8 Å². The molecule has 192 valence electrons. The second-order valence-electron chi connectivity index (χ2n) is 9.54. The molecular weight excluding hydrogens is 473 g/mol. The first-order chi connectivity index (χ1) is 17.7. The van der Waals surface area contributed by atoms with Crippen molar-refractivity contribution in [3.05, 3.63) is 89.9 Å². The number of carboxylic acids is 1. The van der Waals surface area contributed by atoms with Crippen LogP contribution in [0.5, 0.6) is 11.6 Å². The first kappa shape index (κ1) is 26.1. The van der Waals surface area contributed by atoms with Crippen LogP contribution in [0, 0.1) is 5.82 Å². The molecule has 0 amide bonds. The zero-order chi connectivity index (χ0) is 26.6. The molecule has 3 aromatic carbocycles. The highest BCUT2D eigenvalue weighted by Gasteiger charge is 2.30. The Kier molecular flexibility index (Phi) is 7.74. The molecule has 1 heterocycles. The Morgan fingerprint density at radius 3 is 2.38 bits per heavy atom. The molecule has 0 fully saturated rings. The lowest BCUT2D eigenvalue weighted by Crippen LogP contribution is -2.28. The van der Waals surface area contributed by atoms with E-state index in [1.807, 2.05) is 56.3 Å². The standard InChI is InChI=1S/C30H30FNO5/c1-19(29(33)34)37-28-25-16-23(36-17-20-8-6-5-7-9-20)14-15-24(25)26(21-10-12-22(31)13-11-21)27(32-28)30(2,3)18-35-4/h5-16,19H,17-18H2,1-4H3,(H,33,34)/t19-/m0/s1. The number of carbonyl (C=O) groups is 1. The third kappa shape index (κ3) is 5.89. The molecule has 0 unspecified atom stereocenters. The highest BCUT2D eigenvalue weighted by atomic mass is 19.1. The molecule has 7 heteroatoms. The number of ether oxygens (including phenoxy) is 3. The smallest absolute Gasteiger partial charge is 0.344 e. The van der Waals surface area contributed by atoms with E-state index in [4.69, 9.17) is 19.2 Å². The van der Waals surface area contributed by atoms with Crippen LogP contribution in [-0.2, 0) is 21.6 Å². The van der Waals surface area contributed by atoms with E-state index in [9.17, 15) is 14.3 Å². The van der Waals surface area contributed by atoms with E-state index in [0.29, 0.717) is 30.0 Å². The van der Waals surface area contributed by atoms with E-state index in [1.165, 1.54) is 19.1 Å².